The molecule has 2 rings (SSSR count). The van der Waals surface area contributed by atoms with Gasteiger partial charge in [0.2, 0.25) is 5.91 Å². The van der Waals surface area contributed by atoms with Crippen LogP contribution in [0.5, 0.6) is 0 Å². The van der Waals surface area contributed by atoms with Crippen molar-refractivity contribution < 1.29 is 4.79 Å². The van der Waals surface area contributed by atoms with Crippen molar-refractivity contribution >= 4 is 11.6 Å². The maximum absolute atomic E-state index is 11.1. The van der Waals surface area contributed by atoms with E-state index in [-0.39, 0.29) is 5.91 Å². The van der Waals surface area contributed by atoms with Crippen LogP contribution in [0.1, 0.15) is 35.2 Å². The number of aryl methyl sites for hydroxylation is 1. The first-order valence-electron chi connectivity index (χ1n) is 6.49. The summed E-state index contributed by atoms with van der Waals surface area (Å²) in [7, 11) is 0. The zero-order chi connectivity index (χ0) is 13.1. The molecule has 4 nitrogen and oxygen atoms in total. The molecule has 0 aromatic heterocycles. The first kappa shape index (κ1) is 12.9. The van der Waals surface area contributed by atoms with E-state index in [2.05, 4.69) is 5.32 Å². The van der Waals surface area contributed by atoms with Crippen LogP contribution in [0.15, 0.2) is 18.2 Å². The van der Waals surface area contributed by atoms with Gasteiger partial charge in [-0.15, -0.1) is 0 Å². The Morgan fingerprint density at radius 3 is 2.83 bits per heavy atom. The maximum Gasteiger partial charge on any atom is 0.248 e. The second-order valence-corrected chi connectivity index (χ2v) is 5.07. The van der Waals surface area contributed by atoms with Crippen molar-refractivity contribution in [3.05, 3.63) is 29.3 Å². The number of carbonyl (C=O) groups is 1. The molecule has 98 valence electrons. The molecular weight excluding hydrogens is 226 g/mol. The molecule has 4 heteroatoms. The van der Waals surface area contributed by atoms with E-state index in [0.29, 0.717) is 17.5 Å². The minimum atomic E-state index is -0.384. The van der Waals surface area contributed by atoms with Crippen molar-refractivity contribution in [2.45, 2.75) is 32.2 Å². The van der Waals surface area contributed by atoms with E-state index < -0.39 is 0 Å². The SMILES string of the molecule is Cc1cc(C(N)=O)ccc1NC1CCCC1CN. The maximum atomic E-state index is 11.1. The van der Waals surface area contributed by atoms with E-state index >= 15 is 0 Å². The van der Waals surface area contributed by atoms with Gasteiger partial charge >= 0.3 is 0 Å². The predicted octanol–water partition coefficient (Wildman–Crippen LogP) is 1.63. The van der Waals surface area contributed by atoms with Gasteiger partial charge in [-0.25, -0.2) is 0 Å². The van der Waals surface area contributed by atoms with E-state index in [1.807, 2.05) is 19.1 Å². The highest BCUT2D eigenvalue weighted by Crippen LogP contribution is 2.29. The summed E-state index contributed by atoms with van der Waals surface area (Å²) in [4.78, 5) is 11.1. The first-order chi connectivity index (χ1) is 8.61. The standard InChI is InChI=1S/C14H21N3O/c1-9-7-10(14(16)18)5-6-12(9)17-13-4-2-3-11(13)8-15/h5-7,11,13,17H,2-4,8,15H2,1H3,(H2,16,18). The lowest BCUT2D eigenvalue weighted by molar-refractivity contribution is 0.1000. The van der Waals surface area contributed by atoms with Crippen molar-refractivity contribution in [1.82, 2.24) is 0 Å². The molecular formula is C14H21N3O. The van der Waals surface area contributed by atoms with E-state index in [0.717, 1.165) is 17.8 Å². The van der Waals surface area contributed by atoms with E-state index in [9.17, 15) is 4.79 Å². The van der Waals surface area contributed by atoms with Crippen LogP contribution in [0.3, 0.4) is 0 Å². The van der Waals surface area contributed by atoms with E-state index in [4.69, 9.17) is 11.5 Å². The number of hydrogen-bond donors (Lipinski definition) is 3. The van der Waals surface area contributed by atoms with Gasteiger partial charge < -0.3 is 16.8 Å². The lowest BCUT2D eigenvalue weighted by atomic mass is 10.0. The number of amides is 1. The van der Waals surface area contributed by atoms with Crippen LogP contribution in [-0.4, -0.2) is 18.5 Å². The average molecular weight is 247 g/mol. The molecule has 2 unspecified atom stereocenters. The van der Waals surface area contributed by atoms with Gasteiger partial charge in [-0.2, -0.15) is 0 Å². The topological polar surface area (TPSA) is 81.1 Å². The highest BCUT2D eigenvalue weighted by atomic mass is 16.1. The molecule has 1 fully saturated rings. The molecule has 5 N–H and O–H groups in total. The molecule has 0 saturated heterocycles. The normalized spacial score (nSPS) is 23.0. The molecule has 1 amide bonds. The summed E-state index contributed by atoms with van der Waals surface area (Å²) in [5.74, 6) is 0.172. The van der Waals surface area contributed by atoms with Gasteiger partial charge in [0.25, 0.3) is 0 Å². The third kappa shape index (κ3) is 2.64. The summed E-state index contributed by atoms with van der Waals surface area (Å²) in [5, 5.41) is 3.54. The number of anilines is 1. The number of nitrogens with two attached hydrogens (primary N) is 2. The second-order valence-electron chi connectivity index (χ2n) is 5.07. The van der Waals surface area contributed by atoms with Gasteiger partial charge in [0.05, 0.1) is 0 Å². The molecule has 1 aromatic rings. The van der Waals surface area contributed by atoms with Gasteiger partial charge in [-0.3, -0.25) is 4.79 Å². The highest BCUT2D eigenvalue weighted by molar-refractivity contribution is 5.93. The fourth-order valence-corrected chi connectivity index (χ4v) is 2.69. The van der Waals surface area contributed by atoms with Crippen LogP contribution in [-0.2, 0) is 0 Å². The Morgan fingerprint density at radius 1 is 1.44 bits per heavy atom. The van der Waals surface area contributed by atoms with Crippen molar-refractivity contribution in [1.29, 1.82) is 0 Å². The third-order valence-electron chi connectivity index (χ3n) is 3.81. The summed E-state index contributed by atoms with van der Waals surface area (Å²) in [6.45, 7) is 2.72. The Hall–Kier alpha value is -1.55. The van der Waals surface area contributed by atoms with Crippen molar-refractivity contribution in [2.24, 2.45) is 17.4 Å². The Balaban J connectivity index is 2.12. The summed E-state index contributed by atoms with van der Waals surface area (Å²) in [6.07, 6.45) is 3.60. The van der Waals surface area contributed by atoms with E-state index in [1.54, 1.807) is 6.07 Å². The number of primary amides is 1. The molecule has 1 aromatic carbocycles. The van der Waals surface area contributed by atoms with Crippen LogP contribution in [0.2, 0.25) is 0 Å². The lowest BCUT2D eigenvalue weighted by Gasteiger charge is -2.22. The molecule has 1 saturated carbocycles. The predicted molar refractivity (Wildman–Crippen MR) is 73.5 cm³/mol. The summed E-state index contributed by atoms with van der Waals surface area (Å²) in [6, 6.07) is 5.98. The molecule has 0 bridgehead atoms. The van der Waals surface area contributed by atoms with Crippen LogP contribution in [0.4, 0.5) is 5.69 Å². The number of benzene rings is 1. The van der Waals surface area contributed by atoms with Gasteiger partial charge in [0, 0.05) is 17.3 Å². The third-order valence-corrected chi connectivity index (χ3v) is 3.81. The van der Waals surface area contributed by atoms with Gasteiger partial charge in [0.15, 0.2) is 0 Å². The number of rotatable bonds is 4. The van der Waals surface area contributed by atoms with Crippen LogP contribution < -0.4 is 16.8 Å². The molecule has 0 aliphatic heterocycles. The highest BCUT2D eigenvalue weighted by Gasteiger charge is 2.26. The van der Waals surface area contributed by atoms with Crippen molar-refractivity contribution in [3.8, 4) is 0 Å². The minimum absolute atomic E-state index is 0.384. The van der Waals surface area contributed by atoms with Gasteiger partial charge in [-0.05, 0) is 56.0 Å². The molecule has 0 radical (unpaired) electrons. The fraction of sp³-hybridized carbons (Fsp3) is 0.500. The lowest BCUT2D eigenvalue weighted by Crippen LogP contribution is -2.29. The summed E-state index contributed by atoms with van der Waals surface area (Å²) < 4.78 is 0. The van der Waals surface area contributed by atoms with Gasteiger partial charge in [-0.1, -0.05) is 6.42 Å². The zero-order valence-corrected chi connectivity index (χ0v) is 10.8. The minimum Gasteiger partial charge on any atom is -0.382 e. The molecule has 2 atom stereocenters. The Labute approximate surface area is 108 Å². The molecule has 18 heavy (non-hydrogen) atoms. The van der Waals surface area contributed by atoms with Crippen molar-refractivity contribution in [2.75, 3.05) is 11.9 Å². The Kier molecular flexibility index (Phi) is 3.87. The van der Waals surface area contributed by atoms with Crippen LogP contribution in [0, 0.1) is 12.8 Å². The van der Waals surface area contributed by atoms with Crippen LogP contribution >= 0.6 is 0 Å². The zero-order valence-electron chi connectivity index (χ0n) is 10.8. The number of hydrogen-bond acceptors (Lipinski definition) is 3. The number of nitrogens with one attached hydrogen (secondary N) is 1. The molecule has 1 aliphatic carbocycles. The monoisotopic (exact) mass is 247 g/mol. The molecule has 0 heterocycles. The number of carbonyl (C=O) groups excluding carboxylic acids is 1. The first-order valence-corrected chi connectivity index (χ1v) is 6.49. The smallest absolute Gasteiger partial charge is 0.248 e. The average Bonchev–Trinajstić information content (AvgIpc) is 2.78. The summed E-state index contributed by atoms with van der Waals surface area (Å²) >= 11 is 0. The van der Waals surface area contributed by atoms with Crippen LogP contribution in [0.25, 0.3) is 0 Å². The summed E-state index contributed by atoms with van der Waals surface area (Å²) in [5.41, 5.74) is 13.7. The van der Waals surface area contributed by atoms with Gasteiger partial charge in [0.1, 0.15) is 0 Å². The van der Waals surface area contributed by atoms with E-state index in [1.165, 1.54) is 19.3 Å². The molecule has 1 aliphatic rings. The Bertz CT molecular complexity index is 445. The second kappa shape index (κ2) is 5.40. The van der Waals surface area contributed by atoms with Crippen molar-refractivity contribution in [3.63, 3.8) is 0 Å². The quantitative estimate of drug-likeness (QED) is 0.756. The fourth-order valence-electron chi connectivity index (χ4n) is 2.69. The Morgan fingerprint density at radius 2 is 2.22 bits per heavy atom. The largest absolute Gasteiger partial charge is 0.382 e. The molecule has 0 spiro atoms.